The van der Waals surface area contributed by atoms with Crippen molar-refractivity contribution >= 4 is 11.7 Å². The zero-order chi connectivity index (χ0) is 20.0. The van der Waals surface area contributed by atoms with Crippen LogP contribution >= 0.6 is 0 Å². The standard InChI is InChI=1S/C20H28N6O/c1-15(2)16-4-7-18(8-5-16)24(3)20(27)26-12-10-25(11-13-26)19(23)9-6-17(22)14-21/h4-9,15H,10-13,22-23H2,1-3H3/b17-6-,19-9+. The van der Waals surface area contributed by atoms with Gasteiger partial charge in [-0.2, -0.15) is 5.26 Å². The number of allylic oxidation sites excluding steroid dienone is 3. The van der Waals surface area contributed by atoms with Crippen LogP contribution in [-0.4, -0.2) is 49.1 Å². The summed E-state index contributed by atoms with van der Waals surface area (Å²) in [4.78, 5) is 18.2. The molecule has 0 aliphatic carbocycles. The largest absolute Gasteiger partial charge is 0.390 e. The van der Waals surface area contributed by atoms with Crippen LogP contribution < -0.4 is 16.4 Å². The van der Waals surface area contributed by atoms with Gasteiger partial charge in [-0.15, -0.1) is 0 Å². The SMILES string of the molecule is CC(C)c1ccc(N(C)C(=O)N2CCN(/C(N)=C/C=C(\N)C#N)CC2)cc1. The van der Waals surface area contributed by atoms with Crippen molar-refractivity contribution in [2.24, 2.45) is 11.5 Å². The third-order valence-corrected chi connectivity index (χ3v) is 4.71. The van der Waals surface area contributed by atoms with E-state index >= 15 is 0 Å². The van der Waals surface area contributed by atoms with Crippen LogP contribution in [0.2, 0.25) is 0 Å². The number of anilines is 1. The van der Waals surface area contributed by atoms with Gasteiger partial charge in [-0.25, -0.2) is 4.79 Å². The number of hydrogen-bond donors (Lipinski definition) is 2. The Hall–Kier alpha value is -3.14. The summed E-state index contributed by atoms with van der Waals surface area (Å²) < 4.78 is 0. The smallest absolute Gasteiger partial charge is 0.324 e. The maximum Gasteiger partial charge on any atom is 0.324 e. The first-order valence-electron chi connectivity index (χ1n) is 9.04. The van der Waals surface area contributed by atoms with Crippen molar-refractivity contribution < 1.29 is 4.79 Å². The molecule has 144 valence electrons. The fourth-order valence-corrected chi connectivity index (χ4v) is 2.88. The second-order valence-electron chi connectivity index (χ2n) is 6.89. The number of urea groups is 1. The number of carbonyl (C=O) groups is 1. The Labute approximate surface area is 161 Å². The minimum Gasteiger partial charge on any atom is -0.390 e. The van der Waals surface area contributed by atoms with E-state index in [1.807, 2.05) is 28.0 Å². The Morgan fingerprint density at radius 3 is 2.19 bits per heavy atom. The van der Waals surface area contributed by atoms with Crippen molar-refractivity contribution in [2.75, 3.05) is 38.1 Å². The molecule has 4 N–H and O–H groups in total. The summed E-state index contributed by atoms with van der Waals surface area (Å²) in [6.07, 6.45) is 3.11. The van der Waals surface area contributed by atoms with Gasteiger partial charge >= 0.3 is 6.03 Å². The predicted molar refractivity (Wildman–Crippen MR) is 108 cm³/mol. The Kier molecular flexibility index (Phi) is 6.72. The van der Waals surface area contributed by atoms with Crippen LogP contribution in [0.25, 0.3) is 0 Å². The lowest BCUT2D eigenvalue weighted by molar-refractivity contribution is 0.162. The van der Waals surface area contributed by atoms with Crippen LogP contribution in [0.15, 0.2) is 47.9 Å². The van der Waals surface area contributed by atoms with Gasteiger partial charge in [-0.05, 0) is 35.8 Å². The van der Waals surface area contributed by atoms with Crippen molar-refractivity contribution in [3.63, 3.8) is 0 Å². The van der Waals surface area contributed by atoms with E-state index in [1.165, 1.54) is 11.6 Å². The normalized spacial score (nSPS) is 15.7. The molecule has 2 rings (SSSR count). The highest BCUT2D eigenvalue weighted by Crippen LogP contribution is 2.20. The Bertz CT molecular complexity index is 752. The molecule has 0 aromatic heterocycles. The highest BCUT2D eigenvalue weighted by atomic mass is 16.2. The summed E-state index contributed by atoms with van der Waals surface area (Å²) in [5.41, 5.74) is 13.7. The third kappa shape index (κ3) is 5.17. The Morgan fingerprint density at radius 2 is 1.67 bits per heavy atom. The van der Waals surface area contributed by atoms with Crippen LogP contribution in [0.1, 0.15) is 25.3 Å². The molecule has 1 aliphatic heterocycles. The van der Waals surface area contributed by atoms with E-state index in [0.29, 0.717) is 37.9 Å². The van der Waals surface area contributed by atoms with Crippen molar-refractivity contribution in [3.8, 4) is 6.07 Å². The number of nitriles is 1. The molecule has 1 heterocycles. The molecule has 0 atom stereocenters. The van der Waals surface area contributed by atoms with Crippen molar-refractivity contribution in [1.29, 1.82) is 5.26 Å². The number of amides is 2. The van der Waals surface area contributed by atoms with Crippen LogP contribution in [0, 0.1) is 11.3 Å². The second kappa shape index (κ2) is 8.99. The second-order valence-corrected chi connectivity index (χ2v) is 6.89. The van der Waals surface area contributed by atoms with Crippen LogP contribution in [0.4, 0.5) is 10.5 Å². The number of rotatable bonds is 4. The highest BCUT2D eigenvalue weighted by molar-refractivity contribution is 5.91. The average Bonchev–Trinajstić information content (AvgIpc) is 2.70. The molecular weight excluding hydrogens is 340 g/mol. The molecule has 1 fully saturated rings. The van der Waals surface area contributed by atoms with E-state index in [0.717, 1.165) is 5.69 Å². The van der Waals surface area contributed by atoms with Gasteiger partial charge < -0.3 is 21.3 Å². The summed E-state index contributed by atoms with van der Waals surface area (Å²) in [5.74, 6) is 1.00. The molecule has 0 saturated carbocycles. The van der Waals surface area contributed by atoms with E-state index in [-0.39, 0.29) is 11.7 Å². The van der Waals surface area contributed by atoms with Crippen molar-refractivity contribution in [3.05, 3.63) is 53.5 Å². The van der Waals surface area contributed by atoms with Crippen LogP contribution in [-0.2, 0) is 0 Å². The number of piperazine rings is 1. The van der Waals surface area contributed by atoms with E-state index in [1.54, 1.807) is 18.0 Å². The quantitative estimate of drug-likeness (QED) is 0.626. The summed E-state index contributed by atoms with van der Waals surface area (Å²) in [5, 5.41) is 8.67. The van der Waals surface area contributed by atoms with Gasteiger partial charge in [0.1, 0.15) is 11.8 Å². The molecular formula is C20H28N6O. The van der Waals surface area contributed by atoms with Gasteiger partial charge in [0.05, 0.1) is 5.82 Å². The van der Waals surface area contributed by atoms with Gasteiger partial charge in [0, 0.05) is 38.9 Å². The summed E-state index contributed by atoms with van der Waals surface area (Å²) in [6, 6.07) is 9.91. The number of nitrogens with two attached hydrogens (primary N) is 2. The molecule has 0 unspecified atom stereocenters. The van der Waals surface area contributed by atoms with E-state index in [9.17, 15) is 4.79 Å². The highest BCUT2D eigenvalue weighted by Gasteiger charge is 2.24. The first-order chi connectivity index (χ1) is 12.8. The molecule has 0 bridgehead atoms. The summed E-state index contributed by atoms with van der Waals surface area (Å²) in [7, 11) is 1.79. The van der Waals surface area contributed by atoms with E-state index in [2.05, 4.69) is 26.0 Å². The minimum atomic E-state index is -0.0249. The van der Waals surface area contributed by atoms with Gasteiger partial charge in [-0.1, -0.05) is 26.0 Å². The fourth-order valence-electron chi connectivity index (χ4n) is 2.88. The van der Waals surface area contributed by atoms with Gasteiger partial charge in [-0.3, -0.25) is 4.90 Å². The first kappa shape index (κ1) is 20.2. The number of carbonyl (C=O) groups excluding carboxylic acids is 1. The number of benzene rings is 1. The Balaban J connectivity index is 1.95. The Morgan fingerprint density at radius 1 is 1.11 bits per heavy atom. The lowest BCUT2D eigenvalue weighted by Gasteiger charge is -2.37. The molecule has 1 aliphatic rings. The lowest BCUT2D eigenvalue weighted by Crippen LogP contribution is -2.52. The van der Waals surface area contributed by atoms with Crippen LogP contribution in [0.3, 0.4) is 0 Å². The van der Waals surface area contributed by atoms with Crippen molar-refractivity contribution in [1.82, 2.24) is 9.80 Å². The molecule has 1 aromatic rings. The summed E-state index contributed by atoms with van der Waals surface area (Å²) in [6.45, 7) is 6.73. The summed E-state index contributed by atoms with van der Waals surface area (Å²) >= 11 is 0. The monoisotopic (exact) mass is 368 g/mol. The first-order valence-corrected chi connectivity index (χ1v) is 9.04. The maximum absolute atomic E-state index is 12.8. The van der Waals surface area contributed by atoms with E-state index < -0.39 is 0 Å². The zero-order valence-corrected chi connectivity index (χ0v) is 16.2. The molecule has 1 aromatic carbocycles. The van der Waals surface area contributed by atoms with E-state index in [4.69, 9.17) is 16.7 Å². The molecule has 7 heteroatoms. The topological polar surface area (TPSA) is 103 Å². The minimum absolute atomic E-state index is 0.0249. The van der Waals surface area contributed by atoms with Gasteiger partial charge in [0.15, 0.2) is 0 Å². The van der Waals surface area contributed by atoms with Gasteiger partial charge in [0.25, 0.3) is 0 Å². The molecule has 1 saturated heterocycles. The molecule has 0 spiro atoms. The molecule has 2 amide bonds. The fraction of sp³-hybridized carbons (Fsp3) is 0.400. The third-order valence-electron chi connectivity index (χ3n) is 4.71. The lowest BCUT2D eigenvalue weighted by atomic mass is 10.0. The number of nitrogens with zero attached hydrogens (tertiary/aromatic N) is 4. The maximum atomic E-state index is 12.8. The van der Waals surface area contributed by atoms with Crippen molar-refractivity contribution in [2.45, 2.75) is 19.8 Å². The molecule has 0 radical (unpaired) electrons. The zero-order valence-electron chi connectivity index (χ0n) is 16.2. The predicted octanol–water partition coefficient (Wildman–Crippen LogP) is 2.15. The number of hydrogen-bond acceptors (Lipinski definition) is 5. The van der Waals surface area contributed by atoms with Crippen LogP contribution in [0.5, 0.6) is 0 Å². The average molecular weight is 368 g/mol. The van der Waals surface area contributed by atoms with Gasteiger partial charge in [0.2, 0.25) is 0 Å². The molecule has 27 heavy (non-hydrogen) atoms. The molecule has 7 nitrogen and oxygen atoms in total.